The van der Waals surface area contributed by atoms with E-state index in [4.69, 9.17) is 25.5 Å². The molecule has 3 aromatic rings. The molecule has 0 saturated carbocycles. The Morgan fingerprint density at radius 2 is 1.93 bits per heavy atom. The molecule has 7 nitrogen and oxygen atoms in total. The summed E-state index contributed by atoms with van der Waals surface area (Å²) >= 11 is 6.13. The van der Waals surface area contributed by atoms with Crippen LogP contribution in [0.15, 0.2) is 57.9 Å². The number of benzene rings is 2. The van der Waals surface area contributed by atoms with Crippen molar-refractivity contribution in [1.29, 1.82) is 0 Å². The van der Waals surface area contributed by atoms with Crippen LogP contribution in [0, 0.1) is 10.1 Å². The van der Waals surface area contributed by atoms with Gasteiger partial charge in [0.2, 0.25) is 0 Å². The van der Waals surface area contributed by atoms with Gasteiger partial charge in [0.15, 0.2) is 0 Å². The summed E-state index contributed by atoms with van der Waals surface area (Å²) in [5, 5.41) is 11.0. The summed E-state index contributed by atoms with van der Waals surface area (Å²) in [6.07, 6.45) is 1.55. The second-order valence-corrected chi connectivity index (χ2v) is 5.83. The quantitative estimate of drug-likeness (QED) is 0.327. The smallest absolute Gasteiger partial charge is 0.270 e. The Morgan fingerprint density at radius 1 is 1.11 bits per heavy atom. The lowest BCUT2D eigenvalue weighted by atomic mass is 10.1. The van der Waals surface area contributed by atoms with Crippen LogP contribution in [-0.2, 0) is 0 Å². The second-order valence-electron chi connectivity index (χ2n) is 5.42. The van der Waals surface area contributed by atoms with Gasteiger partial charge in [0.05, 0.1) is 30.4 Å². The lowest BCUT2D eigenvalue weighted by Crippen LogP contribution is -1.88. The fourth-order valence-electron chi connectivity index (χ4n) is 2.41. The number of furan rings is 1. The second kappa shape index (κ2) is 7.92. The first-order valence-electron chi connectivity index (χ1n) is 7.82. The predicted octanol–water partition coefficient (Wildman–Crippen LogP) is 5.28. The number of ether oxygens (including phenoxy) is 2. The van der Waals surface area contributed by atoms with E-state index in [1.807, 2.05) is 0 Å². The number of hydrogen-bond acceptors (Lipinski definition) is 6. The zero-order valence-corrected chi connectivity index (χ0v) is 15.3. The van der Waals surface area contributed by atoms with Crippen LogP contribution in [0.25, 0.3) is 11.3 Å². The first kappa shape index (κ1) is 18.5. The highest BCUT2D eigenvalue weighted by molar-refractivity contribution is 6.33. The van der Waals surface area contributed by atoms with E-state index in [9.17, 15) is 10.1 Å². The number of nitrogens with zero attached hydrogens (tertiary/aromatic N) is 2. The monoisotopic (exact) mass is 386 g/mol. The van der Waals surface area contributed by atoms with Crippen LogP contribution >= 0.6 is 11.6 Å². The molecule has 0 radical (unpaired) electrons. The normalized spacial score (nSPS) is 10.9. The molecule has 0 bridgehead atoms. The minimum atomic E-state index is -0.502. The van der Waals surface area contributed by atoms with E-state index in [1.54, 1.807) is 56.8 Å². The third-order valence-corrected chi connectivity index (χ3v) is 4.09. The Bertz CT molecular complexity index is 1010. The summed E-state index contributed by atoms with van der Waals surface area (Å²) < 4.78 is 16.2. The van der Waals surface area contributed by atoms with Gasteiger partial charge >= 0.3 is 0 Å². The van der Waals surface area contributed by atoms with Crippen molar-refractivity contribution in [2.45, 2.75) is 0 Å². The fourth-order valence-corrected chi connectivity index (χ4v) is 2.68. The topological polar surface area (TPSA) is 87.1 Å². The highest BCUT2D eigenvalue weighted by atomic mass is 35.5. The summed E-state index contributed by atoms with van der Waals surface area (Å²) in [4.78, 5) is 14.7. The molecule has 1 heterocycles. The van der Waals surface area contributed by atoms with Gasteiger partial charge in [-0.15, -0.1) is 0 Å². The SMILES string of the molecule is COc1ccc(N=Cc2ccc(-c3ccc([N+](=O)[O-])cc3Cl)o2)c(OC)c1. The first-order chi connectivity index (χ1) is 13.0. The molecule has 0 amide bonds. The molecule has 8 heteroatoms. The summed E-state index contributed by atoms with van der Waals surface area (Å²) in [6.45, 7) is 0. The van der Waals surface area contributed by atoms with E-state index in [0.717, 1.165) is 0 Å². The van der Waals surface area contributed by atoms with Gasteiger partial charge in [0.1, 0.15) is 28.7 Å². The predicted molar refractivity (Wildman–Crippen MR) is 103 cm³/mol. The van der Waals surface area contributed by atoms with Crippen LogP contribution in [0.5, 0.6) is 11.5 Å². The van der Waals surface area contributed by atoms with Crippen molar-refractivity contribution in [1.82, 2.24) is 0 Å². The number of nitro groups is 1. The largest absolute Gasteiger partial charge is 0.497 e. The number of rotatable bonds is 6. The lowest BCUT2D eigenvalue weighted by molar-refractivity contribution is -0.384. The molecular formula is C19H15ClN2O5. The maximum absolute atomic E-state index is 10.8. The van der Waals surface area contributed by atoms with Crippen LogP contribution in [0.1, 0.15) is 5.76 Å². The lowest BCUT2D eigenvalue weighted by Gasteiger charge is -2.06. The highest BCUT2D eigenvalue weighted by Crippen LogP contribution is 2.33. The van der Waals surface area contributed by atoms with Crippen LogP contribution in [-0.4, -0.2) is 25.4 Å². The van der Waals surface area contributed by atoms with Gasteiger partial charge in [-0.3, -0.25) is 10.1 Å². The number of non-ortho nitro benzene ring substituents is 1. The third-order valence-electron chi connectivity index (χ3n) is 3.77. The number of aliphatic imine (C=N–C) groups is 1. The molecule has 0 aliphatic heterocycles. The van der Waals surface area contributed by atoms with Gasteiger partial charge in [0.25, 0.3) is 5.69 Å². The molecule has 0 spiro atoms. The van der Waals surface area contributed by atoms with E-state index < -0.39 is 4.92 Å². The summed E-state index contributed by atoms with van der Waals surface area (Å²) in [5.41, 5.74) is 1.09. The zero-order chi connectivity index (χ0) is 19.4. The maximum atomic E-state index is 10.8. The molecule has 3 rings (SSSR count). The van der Waals surface area contributed by atoms with Gasteiger partial charge in [-0.05, 0) is 30.3 Å². The van der Waals surface area contributed by atoms with E-state index in [1.165, 1.54) is 12.1 Å². The molecule has 0 aliphatic rings. The molecule has 0 saturated heterocycles. The minimum Gasteiger partial charge on any atom is -0.497 e. The summed E-state index contributed by atoms with van der Waals surface area (Å²) in [5.74, 6) is 2.21. The van der Waals surface area contributed by atoms with Crippen molar-refractivity contribution in [3.63, 3.8) is 0 Å². The van der Waals surface area contributed by atoms with Gasteiger partial charge in [-0.2, -0.15) is 0 Å². The van der Waals surface area contributed by atoms with Crippen molar-refractivity contribution in [3.05, 3.63) is 69.4 Å². The standard InChI is InChI=1S/C19H15ClN2O5/c1-25-13-4-7-17(19(10-13)26-2)21-11-14-5-8-18(27-14)15-6-3-12(22(23)24)9-16(15)20/h3-11H,1-2H3. The zero-order valence-electron chi connectivity index (χ0n) is 14.5. The first-order valence-corrected chi connectivity index (χ1v) is 8.20. The van der Waals surface area contributed by atoms with Crippen molar-refractivity contribution in [2.75, 3.05) is 14.2 Å². The summed E-state index contributed by atoms with van der Waals surface area (Å²) in [6, 6.07) is 12.9. The fraction of sp³-hybridized carbons (Fsp3) is 0.105. The van der Waals surface area contributed by atoms with Crippen LogP contribution in [0.4, 0.5) is 11.4 Å². The van der Waals surface area contributed by atoms with E-state index in [-0.39, 0.29) is 10.7 Å². The van der Waals surface area contributed by atoms with E-state index >= 15 is 0 Å². The molecule has 2 aromatic carbocycles. The van der Waals surface area contributed by atoms with Crippen molar-refractivity contribution in [3.8, 4) is 22.8 Å². The van der Waals surface area contributed by atoms with E-state index in [2.05, 4.69) is 4.99 Å². The maximum Gasteiger partial charge on any atom is 0.270 e. The molecule has 0 fully saturated rings. The number of hydrogen-bond donors (Lipinski definition) is 0. The Labute approximate surface area is 160 Å². The molecule has 27 heavy (non-hydrogen) atoms. The molecule has 0 atom stereocenters. The van der Waals surface area contributed by atoms with Crippen molar-refractivity contribution >= 4 is 29.2 Å². The van der Waals surface area contributed by atoms with Crippen molar-refractivity contribution < 1.29 is 18.8 Å². The van der Waals surface area contributed by atoms with Gasteiger partial charge < -0.3 is 13.9 Å². The van der Waals surface area contributed by atoms with Gasteiger partial charge in [0, 0.05) is 23.8 Å². The van der Waals surface area contributed by atoms with Gasteiger partial charge in [-0.1, -0.05) is 11.6 Å². The number of methoxy groups -OCH3 is 2. The minimum absolute atomic E-state index is 0.0799. The molecule has 0 aliphatic carbocycles. The number of nitro benzene ring substituents is 1. The number of halogens is 1. The Balaban J connectivity index is 1.84. The molecule has 0 unspecified atom stereocenters. The summed E-state index contributed by atoms with van der Waals surface area (Å²) in [7, 11) is 3.13. The van der Waals surface area contributed by atoms with Crippen molar-refractivity contribution in [2.24, 2.45) is 4.99 Å². The Hall–Kier alpha value is -3.32. The van der Waals surface area contributed by atoms with Crippen LogP contribution in [0.3, 0.4) is 0 Å². The van der Waals surface area contributed by atoms with E-state index in [0.29, 0.717) is 34.3 Å². The highest BCUT2D eigenvalue weighted by Gasteiger charge is 2.13. The molecule has 0 N–H and O–H groups in total. The van der Waals surface area contributed by atoms with Gasteiger partial charge in [-0.25, -0.2) is 4.99 Å². The average molecular weight is 387 g/mol. The van der Waals surface area contributed by atoms with Crippen LogP contribution in [0.2, 0.25) is 5.02 Å². The van der Waals surface area contributed by atoms with Crippen LogP contribution < -0.4 is 9.47 Å². The molecule has 1 aromatic heterocycles. The average Bonchev–Trinajstić information content (AvgIpc) is 3.14. The molecule has 138 valence electrons. The Kier molecular flexibility index (Phi) is 5.42. The third kappa shape index (κ3) is 4.09. The Morgan fingerprint density at radius 3 is 2.59 bits per heavy atom. The molecular weight excluding hydrogens is 372 g/mol.